The summed E-state index contributed by atoms with van der Waals surface area (Å²) >= 11 is 0. The number of carbonyl (C=O) groups excluding carboxylic acids is 2. The summed E-state index contributed by atoms with van der Waals surface area (Å²) in [6.07, 6.45) is 0.271. The van der Waals surface area contributed by atoms with E-state index < -0.39 is 18.2 Å². The van der Waals surface area contributed by atoms with Crippen LogP contribution in [-0.4, -0.2) is 30.4 Å². The van der Waals surface area contributed by atoms with Gasteiger partial charge in [-0.1, -0.05) is 25.5 Å². The van der Waals surface area contributed by atoms with Crippen molar-refractivity contribution in [2.75, 3.05) is 6.61 Å². The highest BCUT2D eigenvalue weighted by Crippen LogP contribution is 2.10. The van der Waals surface area contributed by atoms with Gasteiger partial charge in [-0.05, 0) is 51.8 Å². The fourth-order valence-electron chi connectivity index (χ4n) is 1.81. The van der Waals surface area contributed by atoms with Crippen molar-refractivity contribution < 1.29 is 33.9 Å². The van der Waals surface area contributed by atoms with E-state index in [0.29, 0.717) is 0 Å². The lowest BCUT2D eigenvalue weighted by Crippen LogP contribution is -2.28. The van der Waals surface area contributed by atoms with Crippen LogP contribution >= 0.6 is 0 Å². The van der Waals surface area contributed by atoms with Crippen LogP contribution in [-0.2, 0) is 30.7 Å². The first-order chi connectivity index (χ1) is 11.7. The third-order valence-electron chi connectivity index (χ3n) is 2.99. The Labute approximate surface area is 148 Å². The summed E-state index contributed by atoms with van der Waals surface area (Å²) in [6, 6.07) is 6.88. The second-order valence-corrected chi connectivity index (χ2v) is 6.57. The molecule has 0 aliphatic rings. The molecule has 0 heterocycles. The van der Waals surface area contributed by atoms with Gasteiger partial charge in [0.05, 0.1) is 22.8 Å². The number of hydrogen-bond donors (Lipinski definition) is 0. The van der Waals surface area contributed by atoms with E-state index in [1.807, 2.05) is 32.9 Å². The monoisotopic (exact) mass is 354 g/mol. The Hall–Kier alpha value is -2.12. The smallest absolute Gasteiger partial charge is 0.427 e. The van der Waals surface area contributed by atoms with Crippen LogP contribution in [0.4, 0.5) is 4.79 Å². The summed E-state index contributed by atoms with van der Waals surface area (Å²) in [5.41, 5.74) is 1.05. The van der Waals surface area contributed by atoms with Gasteiger partial charge in [-0.25, -0.2) is 14.5 Å². The summed E-state index contributed by atoms with van der Waals surface area (Å²) in [5, 5.41) is 4.17. The van der Waals surface area contributed by atoms with Gasteiger partial charge in [-0.15, -0.1) is 0 Å². The number of ether oxygens (including phenoxy) is 2. The number of rotatable bonds is 8. The van der Waals surface area contributed by atoms with Crippen molar-refractivity contribution in [1.29, 1.82) is 0 Å². The highest BCUT2D eigenvalue weighted by molar-refractivity contribution is 5.88. The summed E-state index contributed by atoms with van der Waals surface area (Å²) in [6.45, 7) is 9.56. The highest BCUT2D eigenvalue weighted by atomic mass is 17.5. The molecule has 0 saturated heterocycles. The van der Waals surface area contributed by atoms with Crippen LogP contribution in [0.1, 0.15) is 57.0 Å². The lowest BCUT2D eigenvalue weighted by molar-refractivity contribution is -0.453. The van der Waals surface area contributed by atoms with E-state index in [0.717, 1.165) is 18.4 Å². The molecule has 0 bridgehead atoms. The molecule has 25 heavy (non-hydrogen) atoms. The van der Waals surface area contributed by atoms with E-state index in [-0.39, 0.29) is 17.8 Å². The zero-order valence-corrected chi connectivity index (χ0v) is 15.4. The minimum Gasteiger partial charge on any atom is -0.427 e. The zero-order valence-electron chi connectivity index (χ0n) is 15.4. The maximum atomic E-state index is 11.7. The maximum Gasteiger partial charge on any atom is 0.543 e. The molecule has 0 spiro atoms. The van der Waals surface area contributed by atoms with Crippen LogP contribution in [0.15, 0.2) is 24.3 Å². The molecule has 7 nitrogen and oxygen atoms in total. The summed E-state index contributed by atoms with van der Waals surface area (Å²) < 4.78 is 10.3. The van der Waals surface area contributed by atoms with Gasteiger partial charge in [0, 0.05) is 0 Å². The third kappa shape index (κ3) is 9.07. The minimum absolute atomic E-state index is 0.197. The first-order valence-corrected chi connectivity index (χ1v) is 8.20. The van der Waals surface area contributed by atoms with Gasteiger partial charge in [0.2, 0.25) is 0 Å². The van der Waals surface area contributed by atoms with E-state index in [9.17, 15) is 9.59 Å². The topological polar surface area (TPSA) is 80.3 Å². The molecular formula is C18H26O7. The van der Waals surface area contributed by atoms with Crippen molar-refractivity contribution >= 4 is 12.1 Å². The molecule has 0 aromatic heterocycles. The lowest BCUT2D eigenvalue weighted by Gasteiger charge is -2.21. The molecule has 0 N–H and O–H groups in total. The summed E-state index contributed by atoms with van der Waals surface area (Å²) in [4.78, 5) is 31.8. The molecule has 1 aromatic rings. The van der Waals surface area contributed by atoms with Gasteiger partial charge in [-0.2, -0.15) is 0 Å². The van der Waals surface area contributed by atoms with Crippen molar-refractivity contribution in [1.82, 2.24) is 0 Å². The zero-order chi connectivity index (χ0) is 18.9. The average Bonchev–Trinajstić information content (AvgIpc) is 2.53. The number of carbonyl (C=O) groups is 2. The van der Waals surface area contributed by atoms with Crippen LogP contribution in [0.5, 0.6) is 0 Å². The molecule has 0 aliphatic heterocycles. The lowest BCUT2D eigenvalue weighted by atomic mass is 10.1. The van der Waals surface area contributed by atoms with Crippen LogP contribution < -0.4 is 0 Å². The quantitative estimate of drug-likeness (QED) is 0.396. The van der Waals surface area contributed by atoms with Crippen LogP contribution in [0, 0.1) is 0 Å². The van der Waals surface area contributed by atoms with Crippen molar-refractivity contribution in [3.8, 4) is 0 Å². The Kier molecular flexibility index (Phi) is 8.37. The Morgan fingerprint density at radius 1 is 1.08 bits per heavy atom. The molecule has 7 heteroatoms. The average molecular weight is 354 g/mol. The number of hydrogen-bond acceptors (Lipinski definition) is 7. The third-order valence-corrected chi connectivity index (χ3v) is 2.99. The largest absolute Gasteiger partial charge is 0.543 e. The Morgan fingerprint density at radius 3 is 2.28 bits per heavy atom. The predicted molar refractivity (Wildman–Crippen MR) is 89.7 cm³/mol. The van der Waals surface area contributed by atoms with Gasteiger partial charge >= 0.3 is 12.1 Å². The Morgan fingerprint density at radius 2 is 1.72 bits per heavy atom. The summed E-state index contributed by atoms with van der Waals surface area (Å²) in [5.74, 6) is -0.778. The number of benzene rings is 1. The standard InChI is InChI=1S/C18H26O7/c1-6-7-14-8-10-15(11-9-14)16(19)23-25-24-17(20)22-13(2)12-21-18(3,4)5/h8-11,13H,6-7,12H2,1-5H3. The number of aryl methyl sites for hydroxylation is 1. The highest BCUT2D eigenvalue weighted by Gasteiger charge is 2.18. The van der Waals surface area contributed by atoms with Gasteiger partial charge < -0.3 is 9.47 Å². The van der Waals surface area contributed by atoms with E-state index in [1.165, 1.54) is 0 Å². The van der Waals surface area contributed by atoms with Crippen molar-refractivity contribution in [2.24, 2.45) is 0 Å². The Balaban J connectivity index is 2.29. The predicted octanol–water partition coefficient (Wildman–Crippen LogP) is 4.00. The van der Waals surface area contributed by atoms with Gasteiger partial charge in [0.25, 0.3) is 0 Å². The molecule has 0 fully saturated rings. The van der Waals surface area contributed by atoms with Crippen LogP contribution in [0.2, 0.25) is 0 Å². The van der Waals surface area contributed by atoms with E-state index in [4.69, 9.17) is 9.47 Å². The molecule has 0 amide bonds. The van der Waals surface area contributed by atoms with Crippen LogP contribution in [0.3, 0.4) is 0 Å². The minimum atomic E-state index is -1.13. The SMILES string of the molecule is CCCc1ccc(C(=O)OOOC(=O)OC(C)COC(C)(C)C)cc1. The first-order valence-electron chi connectivity index (χ1n) is 8.20. The van der Waals surface area contributed by atoms with E-state index in [2.05, 4.69) is 21.7 Å². The molecule has 0 radical (unpaired) electrons. The Bertz CT molecular complexity index is 546. The van der Waals surface area contributed by atoms with Crippen LogP contribution in [0.25, 0.3) is 0 Å². The fraction of sp³-hybridized carbons (Fsp3) is 0.556. The molecule has 1 atom stereocenters. The second kappa shape index (κ2) is 10.0. The van der Waals surface area contributed by atoms with Crippen molar-refractivity contribution in [2.45, 2.75) is 59.2 Å². The second-order valence-electron chi connectivity index (χ2n) is 6.57. The maximum absolute atomic E-state index is 11.7. The van der Waals surface area contributed by atoms with Crippen molar-refractivity contribution in [3.63, 3.8) is 0 Å². The molecule has 140 valence electrons. The van der Waals surface area contributed by atoms with E-state index in [1.54, 1.807) is 19.1 Å². The molecule has 1 rings (SSSR count). The molecule has 0 aliphatic carbocycles. The van der Waals surface area contributed by atoms with Gasteiger partial charge in [0.1, 0.15) is 6.10 Å². The molecule has 1 aromatic carbocycles. The summed E-state index contributed by atoms with van der Waals surface area (Å²) in [7, 11) is 0. The van der Waals surface area contributed by atoms with Crippen molar-refractivity contribution in [3.05, 3.63) is 35.4 Å². The fourth-order valence-corrected chi connectivity index (χ4v) is 1.81. The molecule has 1 unspecified atom stereocenters. The van der Waals surface area contributed by atoms with Gasteiger partial charge in [-0.3, -0.25) is 4.89 Å². The molecule has 0 saturated carbocycles. The van der Waals surface area contributed by atoms with Gasteiger partial charge in [0.15, 0.2) is 0 Å². The normalized spacial score (nSPS) is 12.4. The first kappa shape index (κ1) is 20.9. The molecular weight excluding hydrogens is 328 g/mol. The van der Waals surface area contributed by atoms with E-state index >= 15 is 0 Å².